The van der Waals surface area contributed by atoms with Gasteiger partial charge in [0.05, 0.1) is 5.41 Å². The van der Waals surface area contributed by atoms with Gasteiger partial charge in [-0.15, -0.1) is 0 Å². The normalized spacial score (nSPS) is 15.8. The van der Waals surface area contributed by atoms with Gasteiger partial charge in [0.15, 0.2) is 0 Å². The Bertz CT molecular complexity index is 796. The van der Waals surface area contributed by atoms with Crippen LogP contribution in [0.15, 0.2) is 48.5 Å². The topological polar surface area (TPSA) is 58.2 Å². The molecule has 1 saturated carbocycles. The lowest BCUT2D eigenvalue weighted by atomic mass is 9.94. The van der Waals surface area contributed by atoms with Gasteiger partial charge in [-0.05, 0) is 68.1 Å². The summed E-state index contributed by atoms with van der Waals surface area (Å²) >= 11 is 5.84. The van der Waals surface area contributed by atoms with Crippen LogP contribution in [0, 0.1) is 0 Å². The monoisotopic (exact) mass is 370 g/mol. The number of hydrogen-bond donors (Lipinski definition) is 2. The van der Waals surface area contributed by atoms with Gasteiger partial charge in [0.1, 0.15) is 0 Å². The molecule has 0 aliphatic heterocycles. The van der Waals surface area contributed by atoms with Gasteiger partial charge in [0.25, 0.3) is 5.91 Å². The molecule has 1 unspecified atom stereocenters. The minimum Gasteiger partial charge on any atom is -0.353 e. The predicted octanol–water partition coefficient (Wildman–Crippen LogP) is 4.54. The maximum absolute atomic E-state index is 12.6. The van der Waals surface area contributed by atoms with E-state index >= 15 is 0 Å². The number of amides is 2. The summed E-state index contributed by atoms with van der Waals surface area (Å²) in [5.74, 6) is -0.0881. The second-order valence-electron chi connectivity index (χ2n) is 6.90. The van der Waals surface area contributed by atoms with Gasteiger partial charge in [-0.3, -0.25) is 9.59 Å². The van der Waals surface area contributed by atoms with E-state index in [1.807, 2.05) is 31.2 Å². The Hall–Kier alpha value is -2.33. The van der Waals surface area contributed by atoms with Crippen molar-refractivity contribution in [2.45, 2.75) is 44.6 Å². The molecule has 2 amide bonds. The van der Waals surface area contributed by atoms with Crippen LogP contribution in [0.1, 0.15) is 49.0 Å². The van der Waals surface area contributed by atoms with Crippen LogP contribution >= 0.6 is 11.6 Å². The largest absolute Gasteiger partial charge is 0.353 e. The molecular formula is C21H23ClN2O2. The van der Waals surface area contributed by atoms with Crippen molar-refractivity contribution in [2.75, 3.05) is 5.32 Å². The minimum absolute atomic E-state index is 0.102. The number of halogens is 1. The summed E-state index contributed by atoms with van der Waals surface area (Å²) in [5, 5.41) is 6.54. The average Bonchev–Trinajstić information content (AvgIpc) is 3.44. The lowest BCUT2D eigenvalue weighted by molar-refractivity contribution is -0.124. The van der Waals surface area contributed by atoms with Crippen LogP contribution in [0.4, 0.5) is 5.69 Å². The van der Waals surface area contributed by atoms with Crippen LogP contribution in [-0.2, 0) is 10.2 Å². The Morgan fingerprint density at radius 3 is 2.23 bits per heavy atom. The van der Waals surface area contributed by atoms with E-state index in [1.54, 1.807) is 24.3 Å². The molecule has 2 N–H and O–H groups in total. The molecule has 2 aromatic carbocycles. The fourth-order valence-electron chi connectivity index (χ4n) is 2.91. The summed E-state index contributed by atoms with van der Waals surface area (Å²) in [6, 6.07) is 14.5. The van der Waals surface area contributed by atoms with Crippen molar-refractivity contribution in [1.29, 1.82) is 0 Å². The molecule has 4 nitrogen and oxygen atoms in total. The van der Waals surface area contributed by atoms with Crippen molar-refractivity contribution in [2.24, 2.45) is 0 Å². The van der Waals surface area contributed by atoms with Crippen molar-refractivity contribution < 1.29 is 9.59 Å². The third-order valence-electron chi connectivity index (χ3n) is 4.98. The van der Waals surface area contributed by atoms with E-state index in [4.69, 9.17) is 11.6 Å². The fourth-order valence-corrected chi connectivity index (χ4v) is 3.04. The molecule has 0 spiro atoms. The van der Waals surface area contributed by atoms with E-state index < -0.39 is 5.41 Å². The van der Waals surface area contributed by atoms with Crippen LogP contribution in [0.5, 0.6) is 0 Å². The summed E-state index contributed by atoms with van der Waals surface area (Å²) in [5.41, 5.74) is 1.85. The van der Waals surface area contributed by atoms with Crippen LogP contribution in [0.25, 0.3) is 0 Å². The first-order valence-corrected chi connectivity index (χ1v) is 9.31. The van der Waals surface area contributed by atoms with Gasteiger partial charge < -0.3 is 10.6 Å². The number of carbonyl (C=O) groups excluding carboxylic acids is 2. The fraction of sp³-hybridized carbons (Fsp3) is 0.333. The van der Waals surface area contributed by atoms with Crippen LogP contribution in [0.3, 0.4) is 0 Å². The Morgan fingerprint density at radius 2 is 1.69 bits per heavy atom. The van der Waals surface area contributed by atoms with Gasteiger partial charge >= 0.3 is 0 Å². The smallest absolute Gasteiger partial charge is 0.255 e. The maximum atomic E-state index is 12.6. The summed E-state index contributed by atoms with van der Waals surface area (Å²) in [7, 11) is 0. The molecule has 0 heterocycles. The lowest BCUT2D eigenvalue weighted by Gasteiger charge is -2.19. The molecule has 5 heteroatoms. The third-order valence-corrected chi connectivity index (χ3v) is 5.23. The first kappa shape index (κ1) is 18.5. The summed E-state index contributed by atoms with van der Waals surface area (Å²) in [6.45, 7) is 4.08. The summed E-state index contributed by atoms with van der Waals surface area (Å²) in [4.78, 5) is 24.8. The maximum Gasteiger partial charge on any atom is 0.255 e. The van der Waals surface area contributed by atoms with Gasteiger partial charge in [-0.25, -0.2) is 0 Å². The Labute approximate surface area is 158 Å². The van der Waals surface area contributed by atoms with Gasteiger partial charge in [-0.1, -0.05) is 30.7 Å². The Morgan fingerprint density at radius 1 is 1.08 bits per heavy atom. The molecule has 26 heavy (non-hydrogen) atoms. The van der Waals surface area contributed by atoms with Crippen LogP contribution in [0.2, 0.25) is 5.02 Å². The van der Waals surface area contributed by atoms with E-state index in [0.29, 0.717) is 16.3 Å². The molecule has 1 aliphatic carbocycles. The molecule has 0 radical (unpaired) electrons. The molecule has 0 bridgehead atoms. The molecular weight excluding hydrogens is 348 g/mol. The molecule has 0 saturated heterocycles. The molecule has 0 aromatic heterocycles. The van der Waals surface area contributed by atoms with Gasteiger partial charge in [0, 0.05) is 22.3 Å². The Kier molecular flexibility index (Phi) is 5.33. The molecule has 1 atom stereocenters. The van der Waals surface area contributed by atoms with Crippen molar-refractivity contribution in [3.63, 3.8) is 0 Å². The highest BCUT2D eigenvalue weighted by atomic mass is 35.5. The second kappa shape index (κ2) is 7.50. The standard InChI is InChI=1S/C21H23ClN2O2/c1-3-14(2)23-20(26)21(12-13-21)16-6-10-18(11-7-16)24-19(25)15-4-8-17(22)9-5-15/h4-11,14H,3,12-13H2,1-2H3,(H,23,26)(H,24,25). The SMILES string of the molecule is CCC(C)NC(=O)C1(c2ccc(NC(=O)c3ccc(Cl)cc3)cc2)CC1. The summed E-state index contributed by atoms with van der Waals surface area (Å²) < 4.78 is 0. The molecule has 1 fully saturated rings. The Balaban J connectivity index is 1.68. The number of carbonyl (C=O) groups is 2. The third kappa shape index (κ3) is 3.91. The van der Waals surface area contributed by atoms with Crippen LogP contribution < -0.4 is 10.6 Å². The van der Waals surface area contributed by atoms with E-state index in [2.05, 4.69) is 17.6 Å². The van der Waals surface area contributed by atoms with Crippen molar-refractivity contribution in [3.05, 3.63) is 64.7 Å². The van der Waals surface area contributed by atoms with Crippen molar-refractivity contribution >= 4 is 29.1 Å². The number of rotatable bonds is 6. The summed E-state index contributed by atoms with van der Waals surface area (Å²) in [6.07, 6.45) is 2.65. The minimum atomic E-state index is -0.401. The lowest BCUT2D eigenvalue weighted by Crippen LogP contribution is -2.39. The number of anilines is 1. The highest BCUT2D eigenvalue weighted by Gasteiger charge is 2.51. The highest BCUT2D eigenvalue weighted by molar-refractivity contribution is 6.30. The quantitative estimate of drug-likeness (QED) is 0.784. The molecule has 3 rings (SSSR count). The first-order chi connectivity index (χ1) is 12.4. The zero-order valence-electron chi connectivity index (χ0n) is 15.0. The molecule has 1 aliphatic rings. The number of benzene rings is 2. The number of nitrogens with one attached hydrogen (secondary N) is 2. The zero-order chi connectivity index (χ0) is 18.7. The zero-order valence-corrected chi connectivity index (χ0v) is 15.8. The van der Waals surface area contributed by atoms with Gasteiger partial charge in [0.2, 0.25) is 5.91 Å². The van der Waals surface area contributed by atoms with E-state index in [-0.39, 0.29) is 17.9 Å². The molecule has 136 valence electrons. The van der Waals surface area contributed by atoms with Crippen molar-refractivity contribution in [3.8, 4) is 0 Å². The first-order valence-electron chi connectivity index (χ1n) is 8.93. The number of hydrogen-bond acceptors (Lipinski definition) is 2. The van der Waals surface area contributed by atoms with Crippen molar-refractivity contribution in [1.82, 2.24) is 5.32 Å². The van der Waals surface area contributed by atoms with E-state index in [0.717, 1.165) is 24.8 Å². The second-order valence-corrected chi connectivity index (χ2v) is 7.34. The van der Waals surface area contributed by atoms with Crippen LogP contribution in [-0.4, -0.2) is 17.9 Å². The van der Waals surface area contributed by atoms with Gasteiger partial charge in [-0.2, -0.15) is 0 Å². The predicted molar refractivity (Wildman–Crippen MR) is 105 cm³/mol. The van der Waals surface area contributed by atoms with E-state index in [9.17, 15) is 9.59 Å². The average molecular weight is 371 g/mol. The molecule has 2 aromatic rings. The highest BCUT2D eigenvalue weighted by Crippen LogP contribution is 2.48. The van der Waals surface area contributed by atoms with E-state index in [1.165, 1.54) is 0 Å².